The fourth-order valence-corrected chi connectivity index (χ4v) is 7.86. The second-order valence-corrected chi connectivity index (χ2v) is 20.0. The lowest BCUT2D eigenvalue weighted by molar-refractivity contribution is -0.143. The van der Waals surface area contributed by atoms with Gasteiger partial charge in [-0.1, -0.05) is 20.3 Å². The van der Waals surface area contributed by atoms with Gasteiger partial charge in [-0.05, 0) is 103 Å². The number of guanidine groups is 5. The van der Waals surface area contributed by atoms with E-state index in [1.54, 1.807) is 13.8 Å². The Labute approximate surface area is 498 Å². The molecule has 37 heteroatoms. The average molecular weight is 1230 g/mol. The van der Waals surface area contributed by atoms with E-state index in [9.17, 15) is 58.2 Å². The smallest absolute Gasteiger partial charge is 0.326 e. The lowest BCUT2D eigenvalue weighted by Gasteiger charge is -2.29. The van der Waals surface area contributed by atoms with Crippen LogP contribution in [0.3, 0.4) is 0 Å². The number of carbonyl (C=O) groups excluding carboxylic acids is 8. The summed E-state index contributed by atoms with van der Waals surface area (Å²) in [6, 6.07) is -13.0. The highest BCUT2D eigenvalue weighted by Gasteiger charge is 2.36. The van der Waals surface area contributed by atoms with Crippen LogP contribution in [-0.4, -0.2) is 193 Å². The highest BCUT2D eigenvalue weighted by molar-refractivity contribution is 5.99. The molecule has 8 amide bonds. The number of amides is 8. The molecule has 0 fully saturated rings. The molecule has 0 radical (unpaired) electrons. The number of carboxylic acid groups (broad SMARTS) is 2. The number of nitrogens with two attached hydrogens (primary N) is 12. The molecule has 0 aliphatic carbocycles. The van der Waals surface area contributed by atoms with Crippen molar-refractivity contribution >= 4 is 89.0 Å². The van der Waals surface area contributed by atoms with Gasteiger partial charge in [-0.3, -0.25) is 68.1 Å². The number of unbranched alkanes of at least 4 members (excludes halogenated alkanes) is 1. The fraction of sp³-hybridized carbons (Fsp3) is 0.694. The van der Waals surface area contributed by atoms with Crippen molar-refractivity contribution in [3.63, 3.8) is 0 Å². The third-order valence-electron chi connectivity index (χ3n) is 12.7. The molecule has 34 N–H and O–H groups in total. The SMILES string of the molecule is CC[C@H](C)[C@H](NC(=O)[C@H](CCCN=C(N)N)NC(=O)[C@@H](N)CCCN=C(N)N)C(=O)N[C@@H](CCCN=C(N)N)C(=O)N[C@@H](C)C(=O)N[C@@H](CCCN=C(N)N)C(=O)N[C@@H](CC(=O)O)C(=O)N[C@@H](CCCN=C(N)N)C(=O)N[C@@H](CCCCN)C(=O)O. The van der Waals surface area contributed by atoms with Gasteiger partial charge in [0.15, 0.2) is 29.8 Å². The number of carbonyl (C=O) groups is 10. The van der Waals surface area contributed by atoms with E-state index in [2.05, 4.69) is 67.5 Å². The predicted octanol–water partition coefficient (Wildman–Crippen LogP) is -8.79. The van der Waals surface area contributed by atoms with Crippen LogP contribution < -0.4 is 111 Å². The predicted molar refractivity (Wildman–Crippen MR) is 321 cm³/mol. The van der Waals surface area contributed by atoms with E-state index in [4.69, 9.17) is 68.8 Å². The molecule has 0 rings (SSSR count). The highest BCUT2D eigenvalue weighted by atomic mass is 16.4. The molecule has 0 spiro atoms. The van der Waals surface area contributed by atoms with Crippen LogP contribution in [-0.2, 0) is 47.9 Å². The normalized spacial score (nSPS) is 14.2. The average Bonchev–Trinajstić information content (AvgIpc) is 3.00. The molecule has 488 valence electrons. The van der Waals surface area contributed by atoms with Crippen molar-refractivity contribution in [3.8, 4) is 0 Å². The lowest BCUT2D eigenvalue weighted by Crippen LogP contribution is -2.60. The van der Waals surface area contributed by atoms with Crippen LogP contribution in [0, 0.1) is 5.92 Å². The molecule has 0 saturated heterocycles. The molecule has 0 aromatic heterocycles. The number of nitrogens with zero attached hydrogens (tertiary/aromatic N) is 5. The summed E-state index contributed by atoms with van der Waals surface area (Å²) in [4.78, 5) is 155. The summed E-state index contributed by atoms with van der Waals surface area (Å²) in [5.74, 6) is -12.2. The molecular weight excluding hydrogens is 1130 g/mol. The fourth-order valence-electron chi connectivity index (χ4n) is 7.86. The van der Waals surface area contributed by atoms with Crippen LogP contribution in [0.1, 0.15) is 117 Å². The molecule has 0 saturated carbocycles. The van der Waals surface area contributed by atoms with Gasteiger partial charge >= 0.3 is 11.9 Å². The maximum absolute atomic E-state index is 14.3. The summed E-state index contributed by atoms with van der Waals surface area (Å²) in [5.41, 5.74) is 66.2. The van der Waals surface area contributed by atoms with Gasteiger partial charge < -0.3 is 122 Å². The van der Waals surface area contributed by atoms with Crippen LogP contribution in [0.2, 0.25) is 0 Å². The van der Waals surface area contributed by atoms with E-state index in [1.165, 1.54) is 6.92 Å². The Morgan fingerprint density at radius 1 is 0.384 bits per heavy atom. The number of hydrogen-bond donors (Lipinski definition) is 22. The van der Waals surface area contributed by atoms with Gasteiger partial charge in [-0.25, -0.2) is 4.79 Å². The zero-order valence-electron chi connectivity index (χ0n) is 49.3. The Morgan fingerprint density at radius 2 is 0.698 bits per heavy atom. The van der Waals surface area contributed by atoms with E-state index >= 15 is 0 Å². The Morgan fingerprint density at radius 3 is 1.07 bits per heavy atom. The molecule has 0 aliphatic rings. The summed E-state index contributed by atoms with van der Waals surface area (Å²) in [6.45, 7) is 5.07. The van der Waals surface area contributed by atoms with Crippen LogP contribution in [0.4, 0.5) is 0 Å². The summed E-state index contributed by atoms with van der Waals surface area (Å²) >= 11 is 0. The van der Waals surface area contributed by atoms with Gasteiger partial charge in [-0.15, -0.1) is 0 Å². The number of nitrogens with one attached hydrogen (secondary N) is 8. The molecule has 10 atom stereocenters. The molecule has 0 aromatic carbocycles. The van der Waals surface area contributed by atoms with Gasteiger partial charge in [0.1, 0.15) is 48.3 Å². The molecule has 0 heterocycles. The topological polar surface area (TPSA) is 681 Å². The van der Waals surface area contributed by atoms with E-state index in [0.717, 1.165) is 0 Å². The summed E-state index contributed by atoms with van der Waals surface area (Å²) < 4.78 is 0. The first kappa shape index (κ1) is 77.0. The summed E-state index contributed by atoms with van der Waals surface area (Å²) in [5, 5.41) is 39.6. The van der Waals surface area contributed by atoms with Crippen molar-refractivity contribution < 1.29 is 58.2 Å². The zero-order chi connectivity index (χ0) is 65.5. The second-order valence-electron chi connectivity index (χ2n) is 20.0. The van der Waals surface area contributed by atoms with Crippen molar-refractivity contribution in [1.29, 1.82) is 0 Å². The molecule has 86 heavy (non-hydrogen) atoms. The number of rotatable bonds is 45. The Bertz CT molecular complexity index is 2350. The van der Waals surface area contributed by atoms with E-state index < -0.39 is 126 Å². The van der Waals surface area contributed by atoms with Crippen LogP contribution >= 0.6 is 0 Å². The minimum atomic E-state index is -1.91. The van der Waals surface area contributed by atoms with Gasteiger partial charge in [0.2, 0.25) is 47.3 Å². The quantitative estimate of drug-likeness (QED) is 0.0153. The van der Waals surface area contributed by atoms with E-state index in [0.29, 0.717) is 25.7 Å². The van der Waals surface area contributed by atoms with Crippen LogP contribution in [0.25, 0.3) is 0 Å². The zero-order valence-corrected chi connectivity index (χ0v) is 49.3. The van der Waals surface area contributed by atoms with Crippen molar-refractivity contribution in [2.45, 2.75) is 171 Å². The number of aliphatic carboxylic acids is 2. The minimum Gasteiger partial charge on any atom is -0.481 e. The molecular formula is C49H95N25O12. The molecule has 0 aliphatic heterocycles. The standard InChI is InChI=1S/C49H95N25O12/c1-4-25(2)35(74-41(82)31(17-11-23-66-49(60)61)69-37(78)27(51)12-7-19-62-45(52)53)43(84)71-28(14-8-20-63-46(54)55)38(79)67-26(3)36(77)68-29(15-9-21-64-47(56)57)40(81)73-33(24-34(75)76)42(83)70-30(16-10-22-65-48(58)59)39(80)72-32(44(85)86)13-5-6-18-50/h25-33,35H,4-24,50-51H2,1-3H3,(H,67,79)(H,68,77)(H,69,78)(H,70,83)(H,71,84)(H,72,80)(H,73,81)(H,74,82)(H,75,76)(H,85,86)(H4,52,53,62)(H4,54,55,63)(H4,56,57,64)(H4,58,59,65)(H4,60,61,66)/t25-,26-,27-,28-,29-,30-,31-,32-,33-,35-/m0/s1. The second kappa shape index (κ2) is 42.7. The summed E-state index contributed by atoms with van der Waals surface area (Å²) in [7, 11) is 0. The minimum absolute atomic E-state index is 0.00440. The van der Waals surface area contributed by atoms with E-state index in [1.807, 2.05) is 0 Å². The maximum atomic E-state index is 14.3. The Hall–Kier alpha value is -9.03. The van der Waals surface area contributed by atoms with Crippen LogP contribution in [0.5, 0.6) is 0 Å². The Balaban J connectivity index is 6.91. The van der Waals surface area contributed by atoms with Gasteiger partial charge in [0, 0.05) is 32.7 Å². The van der Waals surface area contributed by atoms with Gasteiger partial charge in [-0.2, -0.15) is 0 Å². The van der Waals surface area contributed by atoms with Crippen molar-refractivity contribution in [1.82, 2.24) is 42.5 Å². The first-order chi connectivity index (χ1) is 40.4. The Kier molecular flexibility index (Phi) is 38.2. The molecule has 0 unspecified atom stereocenters. The van der Waals surface area contributed by atoms with Crippen molar-refractivity contribution in [3.05, 3.63) is 0 Å². The number of hydrogen-bond acceptors (Lipinski definition) is 17. The monoisotopic (exact) mass is 1230 g/mol. The largest absolute Gasteiger partial charge is 0.481 e. The summed E-state index contributed by atoms with van der Waals surface area (Å²) in [6.07, 6.45) is 0.334. The molecule has 0 aromatic rings. The highest BCUT2D eigenvalue weighted by Crippen LogP contribution is 2.13. The third kappa shape index (κ3) is 34.5. The first-order valence-corrected chi connectivity index (χ1v) is 28.0. The third-order valence-corrected chi connectivity index (χ3v) is 12.7. The number of carboxylic acids is 2. The van der Waals surface area contributed by atoms with Gasteiger partial charge in [0.25, 0.3) is 0 Å². The molecule has 0 bridgehead atoms. The maximum Gasteiger partial charge on any atom is 0.326 e. The van der Waals surface area contributed by atoms with Gasteiger partial charge in [0.05, 0.1) is 12.5 Å². The number of aliphatic imine (C=N–C) groups is 5. The van der Waals surface area contributed by atoms with E-state index in [-0.39, 0.29) is 133 Å². The van der Waals surface area contributed by atoms with Crippen molar-refractivity contribution in [2.75, 3.05) is 39.3 Å². The first-order valence-electron chi connectivity index (χ1n) is 28.0. The van der Waals surface area contributed by atoms with Crippen LogP contribution in [0.15, 0.2) is 25.0 Å². The lowest BCUT2D eigenvalue weighted by atomic mass is 9.96. The van der Waals surface area contributed by atoms with Crippen molar-refractivity contribution in [2.24, 2.45) is 99.7 Å². The molecule has 37 nitrogen and oxygen atoms in total.